The maximum Gasteiger partial charge on any atom is 0.310 e. The lowest BCUT2D eigenvalue weighted by Crippen LogP contribution is -2.61. The maximum atomic E-state index is 15.5. The monoisotopic (exact) mass is 481 g/mol. The zero-order valence-electron chi connectivity index (χ0n) is 17.5. The zero-order valence-corrected chi connectivity index (χ0v) is 18.2. The summed E-state index contributed by atoms with van der Waals surface area (Å²) in [4.78, 5) is 16.7. The van der Waals surface area contributed by atoms with Gasteiger partial charge in [-0.2, -0.15) is 8.78 Å². The summed E-state index contributed by atoms with van der Waals surface area (Å²) in [6.45, 7) is -0.293. The smallest absolute Gasteiger partial charge is 0.310 e. The highest BCUT2D eigenvalue weighted by atomic mass is 35.5. The normalized spacial score (nSPS) is 27.3. The number of alkyl halides is 2. The van der Waals surface area contributed by atoms with Crippen LogP contribution in [0, 0.1) is 0 Å². The number of aliphatic imine (C=N–C) groups is 1. The number of hydrogen-bond donors (Lipinski definition) is 2. The Bertz CT molecular complexity index is 1080. The van der Waals surface area contributed by atoms with Gasteiger partial charge in [0.2, 0.25) is 0 Å². The molecule has 1 aromatic heterocycles. The van der Waals surface area contributed by atoms with Crippen molar-refractivity contribution in [2.24, 2.45) is 10.7 Å². The van der Waals surface area contributed by atoms with Gasteiger partial charge in [-0.25, -0.2) is 4.99 Å². The summed E-state index contributed by atoms with van der Waals surface area (Å²) in [5, 5.41) is 7.34. The number of rotatable bonds is 1. The van der Waals surface area contributed by atoms with E-state index in [1.165, 1.54) is 6.20 Å². The molecule has 5 rings (SSSR count). The molecule has 0 saturated carbocycles. The molecule has 1 fully saturated rings. The third-order valence-electron chi connectivity index (χ3n) is 5.96. The number of carboxylic acid groups (broad SMARTS) is 1. The molecular weight excluding hydrogens is 460 g/mol. The number of halogens is 3. The standard InChI is InChI=1S/C21H20ClF2N3O3.CH2O2/c22-15-6-14(8-26-9-15)13-2-3-17-16(7-13)20(21(23,24)12-29-18(25)27-20)10-19(30-17)4-1-5-28-11-19;2-1-3/h2-3,6-9H,1,4-5,10-12H2,(H2,25,27);1H,(H,2,3)/t19-,20+;/m0./s1. The highest BCUT2D eigenvalue weighted by molar-refractivity contribution is 6.30. The summed E-state index contributed by atoms with van der Waals surface area (Å²) in [5.41, 5.74) is 4.65. The lowest BCUT2D eigenvalue weighted by atomic mass is 9.70. The topological polar surface area (TPSA) is 116 Å². The number of nitrogens with two attached hydrogens (primary N) is 1. The van der Waals surface area contributed by atoms with Gasteiger partial charge in [0.15, 0.2) is 12.1 Å². The van der Waals surface area contributed by atoms with Gasteiger partial charge in [-0.1, -0.05) is 17.7 Å². The van der Waals surface area contributed by atoms with Crippen LogP contribution >= 0.6 is 11.6 Å². The van der Waals surface area contributed by atoms with E-state index in [0.717, 1.165) is 6.42 Å². The SMILES string of the molecule is NC1=N[C@@]2(C[C@]3(CCCOC3)Oc3ccc(-c4cncc(Cl)c4)cc32)C(F)(F)CO1.O=CO. The van der Waals surface area contributed by atoms with Crippen molar-refractivity contribution in [3.05, 3.63) is 47.2 Å². The molecule has 176 valence electrons. The van der Waals surface area contributed by atoms with Gasteiger partial charge in [-0.15, -0.1) is 0 Å². The van der Waals surface area contributed by atoms with E-state index in [1.807, 2.05) is 0 Å². The Hall–Kier alpha value is -2.98. The lowest BCUT2D eigenvalue weighted by Gasteiger charge is -2.51. The number of hydrogen-bond acceptors (Lipinski definition) is 7. The van der Waals surface area contributed by atoms with Crippen molar-refractivity contribution in [3.8, 4) is 16.9 Å². The summed E-state index contributed by atoms with van der Waals surface area (Å²) in [6.07, 6.45) is 4.40. The van der Waals surface area contributed by atoms with E-state index in [1.54, 1.807) is 30.5 Å². The molecule has 0 amide bonds. The number of pyridine rings is 1. The molecule has 8 nitrogen and oxygen atoms in total. The average molecular weight is 482 g/mol. The molecule has 4 heterocycles. The molecule has 2 spiro atoms. The van der Waals surface area contributed by atoms with Crippen molar-refractivity contribution < 1.29 is 32.9 Å². The van der Waals surface area contributed by atoms with Gasteiger partial charge in [0.05, 0.1) is 11.6 Å². The second kappa shape index (κ2) is 8.75. The highest BCUT2D eigenvalue weighted by Crippen LogP contribution is 2.56. The molecule has 2 atom stereocenters. The van der Waals surface area contributed by atoms with E-state index in [0.29, 0.717) is 34.9 Å². The van der Waals surface area contributed by atoms with E-state index < -0.39 is 23.7 Å². The first-order valence-corrected chi connectivity index (χ1v) is 10.6. The number of ether oxygens (including phenoxy) is 3. The zero-order chi connectivity index (χ0) is 23.7. The fraction of sp³-hybridized carbons (Fsp3) is 0.409. The molecule has 0 unspecified atom stereocenters. The van der Waals surface area contributed by atoms with Gasteiger partial charge in [-0.3, -0.25) is 9.78 Å². The third kappa shape index (κ3) is 4.20. The molecule has 3 aliphatic heterocycles. The Morgan fingerprint density at radius 2 is 1.97 bits per heavy atom. The Balaban J connectivity index is 0.000000821. The summed E-state index contributed by atoms with van der Waals surface area (Å²) < 4.78 is 47.8. The minimum Gasteiger partial charge on any atom is -0.484 e. The molecular formula is C22H22ClF2N3O5. The number of nitrogens with zero attached hydrogens (tertiary/aromatic N) is 2. The van der Waals surface area contributed by atoms with Crippen LogP contribution in [-0.4, -0.2) is 53.9 Å². The molecule has 0 bridgehead atoms. The first-order chi connectivity index (χ1) is 15.7. The van der Waals surface area contributed by atoms with Crippen LogP contribution in [0.5, 0.6) is 5.75 Å². The molecule has 2 aromatic rings. The van der Waals surface area contributed by atoms with E-state index in [2.05, 4.69) is 9.98 Å². The number of aromatic nitrogens is 1. The molecule has 1 aromatic carbocycles. The molecule has 0 radical (unpaired) electrons. The molecule has 3 N–H and O–H groups in total. The first kappa shape index (κ1) is 23.2. The van der Waals surface area contributed by atoms with Crippen molar-refractivity contribution in [1.82, 2.24) is 4.98 Å². The number of benzene rings is 1. The van der Waals surface area contributed by atoms with Gasteiger partial charge in [-0.05, 0) is 36.6 Å². The number of amidine groups is 1. The summed E-state index contributed by atoms with van der Waals surface area (Å²) >= 11 is 6.07. The van der Waals surface area contributed by atoms with Crippen molar-refractivity contribution in [2.45, 2.75) is 36.3 Å². The van der Waals surface area contributed by atoms with Crippen LogP contribution in [0.15, 0.2) is 41.7 Å². The van der Waals surface area contributed by atoms with Crippen molar-refractivity contribution in [1.29, 1.82) is 0 Å². The van der Waals surface area contributed by atoms with Crippen molar-refractivity contribution >= 4 is 24.1 Å². The fourth-order valence-electron chi connectivity index (χ4n) is 4.58. The van der Waals surface area contributed by atoms with Crippen LogP contribution in [-0.2, 0) is 19.8 Å². The lowest BCUT2D eigenvalue weighted by molar-refractivity contribution is -0.170. The van der Waals surface area contributed by atoms with Crippen molar-refractivity contribution in [3.63, 3.8) is 0 Å². The largest absolute Gasteiger partial charge is 0.484 e. The maximum absolute atomic E-state index is 15.5. The van der Waals surface area contributed by atoms with Gasteiger partial charge in [0.1, 0.15) is 11.4 Å². The van der Waals surface area contributed by atoms with Crippen LogP contribution < -0.4 is 10.5 Å². The second-order valence-electron chi connectivity index (χ2n) is 8.13. The average Bonchev–Trinajstić information content (AvgIpc) is 2.78. The number of carbonyl (C=O) groups is 1. The van der Waals surface area contributed by atoms with E-state index in [4.69, 9.17) is 41.4 Å². The van der Waals surface area contributed by atoms with Crippen LogP contribution in [0.1, 0.15) is 24.8 Å². The van der Waals surface area contributed by atoms with E-state index >= 15 is 8.78 Å². The predicted octanol–water partition coefficient (Wildman–Crippen LogP) is 3.61. The third-order valence-corrected chi connectivity index (χ3v) is 6.17. The van der Waals surface area contributed by atoms with Crippen molar-refractivity contribution in [2.75, 3.05) is 19.8 Å². The number of fused-ring (bicyclic) bond motifs is 2. The second-order valence-corrected chi connectivity index (χ2v) is 8.57. The van der Waals surface area contributed by atoms with Gasteiger partial charge in [0.25, 0.3) is 12.5 Å². The minimum atomic E-state index is -3.29. The van der Waals surface area contributed by atoms with Gasteiger partial charge >= 0.3 is 5.92 Å². The Morgan fingerprint density at radius 3 is 2.67 bits per heavy atom. The Morgan fingerprint density at radius 1 is 1.18 bits per heavy atom. The summed E-state index contributed by atoms with van der Waals surface area (Å²) in [5.74, 6) is -2.94. The van der Waals surface area contributed by atoms with Crippen LogP contribution in [0.2, 0.25) is 5.02 Å². The first-order valence-electron chi connectivity index (χ1n) is 10.2. The Kier molecular flexibility index (Phi) is 6.15. The van der Waals surface area contributed by atoms with Crippen LogP contribution in [0.4, 0.5) is 8.78 Å². The quantitative estimate of drug-likeness (QED) is 0.597. The molecule has 3 aliphatic rings. The van der Waals surface area contributed by atoms with Crippen LogP contribution in [0.25, 0.3) is 11.1 Å². The summed E-state index contributed by atoms with van der Waals surface area (Å²) in [6, 6.07) is 6.63. The van der Waals surface area contributed by atoms with Gasteiger partial charge in [0, 0.05) is 36.5 Å². The Labute approximate surface area is 193 Å². The molecule has 0 aliphatic carbocycles. The van der Waals surface area contributed by atoms with E-state index in [-0.39, 0.29) is 31.1 Å². The van der Waals surface area contributed by atoms with E-state index in [9.17, 15) is 0 Å². The minimum absolute atomic E-state index is 0.0543. The van der Waals surface area contributed by atoms with Gasteiger partial charge < -0.3 is 25.1 Å². The molecule has 33 heavy (non-hydrogen) atoms. The fourth-order valence-corrected chi connectivity index (χ4v) is 4.76. The molecule has 11 heteroatoms. The van der Waals surface area contributed by atoms with Crippen LogP contribution in [0.3, 0.4) is 0 Å². The highest BCUT2D eigenvalue weighted by Gasteiger charge is 2.65. The predicted molar refractivity (Wildman–Crippen MR) is 116 cm³/mol. The molecule has 1 saturated heterocycles. The summed E-state index contributed by atoms with van der Waals surface area (Å²) in [7, 11) is 0.